The van der Waals surface area contributed by atoms with Crippen LogP contribution in [0.15, 0.2) is 6.20 Å². The van der Waals surface area contributed by atoms with Gasteiger partial charge in [0.1, 0.15) is 0 Å². The Labute approximate surface area is 262 Å². The molecule has 1 heterocycles. The van der Waals surface area contributed by atoms with Crippen molar-refractivity contribution in [2.45, 2.75) is 93.4 Å². The molecule has 0 unspecified atom stereocenters. The van der Waals surface area contributed by atoms with Gasteiger partial charge in [0.2, 0.25) is 0 Å². The number of rotatable bonds is 29. The Kier molecular flexibility index (Phi) is 21.5. The van der Waals surface area contributed by atoms with Crippen molar-refractivity contribution in [3.05, 3.63) is 11.9 Å². The molecule has 43 heavy (non-hydrogen) atoms. The first-order chi connectivity index (χ1) is 20.7. The number of nitrogens with zero attached hydrogens (tertiary/aromatic N) is 4. The van der Waals surface area contributed by atoms with Crippen LogP contribution in [0.4, 0.5) is 0 Å². The lowest BCUT2D eigenvalue weighted by atomic mass is 10.3. The highest BCUT2D eigenvalue weighted by molar-refractivity contribution is 7.53. The van der Waals surface area contributed by atoms with Gasteiger partial charge in [-0.25, -0.2) is 0 Å². The Hall–Kier alpha value is -0.556. The van der Waals surface area contributed by atoms with Crippen molar-refractivity contribution in [1.82, 2.24) is 19.9 Å². The minimum absolute atomic E-state index is 0.235. The van der Waals surface area contributed by atoms with Crippen LogP contribution < -0.4 is 0 Å². The third kappa shape index (κ3) is 15.5. The lowest BCUT2D eigenvalue weighted by molar-refractivity contribution is 0.0691. The van der Waals surface area contributed by atoms with E-state index in [0.717, 1.165) is 43.7 Å². The molecule has 254 valence electrons. The number of aryl methyl sites for hydroxylation is 1. The summed E-state index contributed by atoms with van der Waals surface area (Å²) in [7, 11) is -8.66. The molecule has 0 amide bonds. The molecule has 0 spiro atoms. The smallest absolute Gasteiger partial charge is 0.374 e. The zero-order valence-corrected chi connectivity index (χ0v) is 30.9. The van der Waals surface area contributed by atoms with E-state index in [1.54, 1.807) is 18.5 Å². The molecule has 13 nitrogen and oxygen atoms in total. The maximum atomic E-state index is 12.9. The SMILES string of the molecule is CCO[Si](CCCN(CCC[Si](OCC)(OCC)OCC)Cc1cn(CCP(=O)(OCC)OCC)nn1)(OCC)OCC. The second kappa shape index (κ2) is 22.9. The topological polar surface area (TPSA) is 125 Å². The van der Waals surface area contributed by atoms with E-state index < -0.39 is 25.2 Å². The number of hydrogen-bond acceptors (Lipinski definition) is 12. The van der Waals surface area contributed by atoms with Crippen molar-refractivity contribution >= 4 is 25.2 Å². The van der Waals surface area contributed by atoms with E-state index in [0.29, 0.717) is 65.9 Å². The minimum Gasteiger partial charge on any atom is -0.374 e. The van der Waals surface area contributed by atoms with Crippen molar-refractivity contribution in [2.24, 2.45) is 0 Å². The van der Waals surface area contributed by atoms with E-state index in [9.17, 15) is 4.57 Å². The fraction of sp³-hybridized carbons (Fsp3) is 0.926. The molecule has 0 N–H and O–H groups in total. The van der Waals surface area contributed by atoms with Crippen LogP contribution in [0.1, 0.15) is 73.9 Å². The Morgan fingerprint density at radius 2 is 1.12 bits per heavy atom. The summed E-state index contributed by atoms with van der Waals surface area (Å²) in [4.78, 5) is 2.35. The highest BCUT2D eigenvalue weighted by Crippen LogP contribution is 2.47. The highest BCUT2D eigenvalue weighted by atomic mass is 31.2. The van der Waals surface area contributed by atoms with Gasteiger partial charge >= 0.3 is 25.2 Å². The van der Waals surface area contributed by atoms with Gasteiger partial charge in [-0.05, 0) is 81.3 Å². The summed E-state index contributed by atoms with van der Waals surface area (Å²) >= 11 is 0. The fourth-order valence-corrected chi connectivity index (χ4v) is 11.6. The molecule has 16 heteroatoms. The predicted octanol–water partition coefficient (Wildman–Crippen LogP) is 5.22. The summed E-state index contributed by atoms with van der Waals surface area (Å²) in [5, 5.41) is 8.69. The van der Waals surface area contributed by atoms with Crippen LogP contribution in [0.25, 0.3) is 0 Å². The van der Waals surface area contributed by atoms with Crippen LogP contribution in [0.3, 0.4) is 0 Å². The monoisotopic (exact) mass is 670 g/mol. The van der Waals surface area contributed by atoms with Crippen molar-refractivity contribution in [1.29, 1.82) is 0 Å². The molecule has 1 aromatic heterocycles. The summed E-state index contributed by atoms with van der Waals surface area (Å²) < 4.78 is 61.9. The molecule has 0 atom stereocenters. The molecular weight excluding hydrogens is 611 g/mol. The lowest BCUT2D eigenvalue weighted by Gasteiger charge is -2.30. The summed E-state index contributed by atoms with van der Waals surface area (Å²) in [5.74, 6) is 0. The summed E-state index contributed by atoms with van der Waals surface area (Å²) in [5.41, 5.74) is 0.827. The van der Waals surface area contributed by atoms with E-state index in [1.807, 2.05) is 47.7 Å². The third-order valence-electron chi connectivity index (χ3n) is 6.33. The summed E-state index contributed by atoms with van der Waals surface area (Å²) in [6.45, 7) is 22.0. The molecule has 1 aromatic rings. The minimum atomic E-state index is -3.16. The normalized spacial score (nSPS) is 13.0. The van der Waals surface area contributed by atoms with Gasteiger partial charge in [0.25, 0.3) is 0 Å². The van der Waals surface area contributed by atoms with Crippen LogP contribution >= 0.6 is 7.60 Å². The van der Waals surface area contributed by atoms with Gasteiger partial charge < -0.3 is 35.6 Å². The number of hydrogen-bond donors (Lipinski definition) is 0. The van der Waals surface area contributed by atoms with Crippen molar-refractivity contribution in [2.75, 3.05) is 72.1 Å². The van der Waals surface area contributed by atoms with Crippen molar-refractivity contribution < 1.29 is 40.2 Å². The molecule has 0 saturated carbocycles. The molecule has 0 saturated heterocycles. The first-order valence-electron chi connectivity index (χ1n) is 16.1. The van der Waals surface area contributed by atoms with E-state index in [4.69, 9.17) is 35.6 Å². The average Bonchev–Trinajstić information content (AvgIpc) is 3.40. The zero-order valence-electron chi connectivity index (χ0n) is 28.0. The van der Waals surface area contributed by atoms with Gasteiger partial charge in [-0.2, -0.15) is 0 Å². The second-order valence-corrected chi connectivity index (χ2v) is 17.2. The van der Waals surface area contributed by atoms with Crippen molar-refractivity contribution in [3.8, 4) is 0 Å². The van der Waals surface area contributed by atoms with Crippen LogP contribution in [-0.4, -0.2) is 110 Å². The molecule has 0 aliphatic rings. The van der Waals surface area contributed by atoms with Gasteiger partial charge in [0.15, 0.2) is 0 Å². The van der Waals surface area contributed by atoms with Gasteiger partial charge in [-0.3, -0.25) is 14.1 Å². The predicted molar refractivity (Wildman–Crippen MR) is 171 cm³/mol. The van der Waals surface area contributed by atoms with Crippen LogP contribution in [-0.2, 0) is 53.3 Å². The molecule has 0 bridgehead atoms. The quantitative estimate of drug-likeness (QED) is 0.0820. The average molecular weight is 671 g/mol. The van der Waals surface area contributed by atoms with Gasteiger partial charge in [-0.15, -0.1) is 5.10 Å². The van der Waals surface area contributed by atoms with Crippen molar-refractivity contribution in [3.63, 3.8) is 0 Å². The Bertz CT molecular complexity index is 811. The van der Waals surface area contributed by atoms with E-state index >= 15 is 0 Å². The molecule has 0 radical (unpaired) electrons. The Morgan fingerprint density at radius 3 is 1.49 bits per heavy atom. The largest absolute Gasteiger partial charge is 0.500 e. The summed E-state index contributed by atoms with van der Waals surface area (Å²) in [6.07, 6.45) is 3.82. The molecule has 0 aliphatic carbocycles. The zero-order chi connectivity index (χ0) is 32.0. The van der Waals surface area contributed by atoms with Crippen LogP contribution in [0.2, 0.25) is 12.1 Å². The standard InChI is InChI=1S/C27H59N4O9PSi2/c1-9-33-41(32,34-10-2)22-21-31-26-27(28-29-31)25-30(19-17-23-42(35-11-3,36-12-4)37-13-5)20-18-24-43(38-14-6,39-15-7)40-16-8/h26H,9-25H2,1-8H3. The molecule has 0 fully saturated rings. The van der Waals surface area contributed by atoms with Crippen LogP contribution in [0.5, 0.6) is 0 Å². The highest BCUT2D eigenvalue weighted by Gasteiger charge is 2.41. The Morgan fingerprint density at radius 1 is 0.698 bits per heavy atom. The number of aromatic nitrogens is 3. The first-order valence-corrected chi connectivity index (χ1v) is 21.6. The molecule has 0 aromatic carbocycles. The van der Waals surface area contributed by atoms with Gasteiger partial charge in [-0.1, -0.05) is 5.21 Å². The third-order valence-corrected chi connectivity index (χ3v) is 14.7. The van der Waals surface area contributed by atoms with E-state index in [2.05, 4.69) is 15.2 Å². The molecule has 0 aliphatic heterocycles. The van der Waals surface area contributed by atoms with Gasteiger partial charge in [0, 0.05) is 64.5 Å². The van der Waals surface area contributed by atoms with E-state index in [1.165, 1.54) is 0 Å². The molecular formula is C27H59N4O9PSi2. The van der Waals surface area contributed by atoms with Gasteiger partial charge in [0.05, 0.1) is 31.6 Å². The van der Waals surface area contributed by atoms with E-state index in [-0.39, 0.29) is 6.16 Å². The lowest BCUT2D eigenvalue weighted by Crippen LogP contribution is -2.47. The maximum Gasteiger partial charge on any atom is 0.500 e. The van der Waals surface area contributed by atoms with Crippen LogP contribution in [0, 0.1) is 0 Å². The maximum absolute atomic E-state index is 12.9. The second-order valence-electron chi connectivity index (χ2n) is 9.59. The fourth-order valence-electron chi connectivity index (χ4n) is 4.84. The summed E-state index contributed by atoms with van der Waals surface area (Å²) in [6, 6.07) is 1.46. The first kappa shape index (κ1) is 40.5. The molecule has 1 rings (SSSR count). The Balaban J connectivity index is 3.01.